The largest absolute Gasteiger partial charge is 0.484 e. The van der Waals surface area contributed by atoms with Gasteiger partial charge in [-0.05, 0) is 12.1 Å². The molecular formula is C12H12Cl2N2O2. The zero-order valence-corrected chi connectivity index (χ0v) is 11.5. The Morgan fingerprint density at radius 2 is 2.00 bits per heavy atom. The Bertz CT molecular complexity index is 541. The molecular weight excluding hydrogens is 275 g/mol. The molecule has 2 aromatic rings. The topological polar surface area (TPSA) is 48.2 Å². The van der Waals surface area contributed by atoms with Gasteiger partial charge in [-0.1, -0.05) is 37.0 Å². The second-order valence-electron chi connectivity index (χ2n) is 4.05. The predicted molar refractivity (Wildman–Crippen MR) is 69.2 cm³/mol. The number of aromatic nitrogens is 2. The second-order valence-corrected chi connectivity index (χ2v) is 4.87. The minimum atomic E-state index is 0.205. The zero-order valence-electron chi connectivity index (χ0n) is 9.98. The lowest BCUT2D eigenvalue weighted by molar-refractivity contribution is 0.257. The minimum absolute atomic E-state index is 0.205. The summed E-state index contributed by atoms with van der Waals surface area (Å²) >= 11 is 11.7. The maximum absolute atomic E-state index is 5.88. The number of ether oxygens (including phenoxy) is 1. The van der Waals surface area contributed by atoms with Crippen molar-refractivity contribution in [2.75, 3.05) is 0 Å². The van der Waals surface area contributed by atoms with Crippen LogP contribution in [0.25, 0.3) is 0 Å². The van der Waals surface area contributed by atoms with E-state index in [9.17, 15) is 0 Å². The number of benzene rings is 1. The fourth-order valence-corrected chi connectivity index (χ4v) is 1.56. The Morgan fingerprint density at radius 1 is 1.22 bits per heavy atom. The third kappa shape index (κ3) is 3.15. The fraction of sp³-hybridized carbons (Fsp3) is 0.333. The van der Waals surface area contributed by atoms with Crippen molar-refractivity contribution in [1.29, 1.82) is 0 Å². The Balaban J connectivity index is 2.00. The van der Waals surface area contributed by atoms with E-state index >= 15 is 0 Å². The van der Waals surface area contributed by atoms with Crippen molar-refractivity contribution in [1.82, 2.24) is 10.2 Å². The molecule has 0 amide bonds. The maximum atomic E-state index is 5.88. The monoisotopic (exact) mass is 286 g/mol. The van der Waals surface area contributed by atoms with Gasteiger partial charge in [0.15, 0.2) is 6.61 Å². The summed E-state index contributed by atoms with van der Waals surface area (Å²) < 4.78 is 10.9. The van der Waals surface area contributed by atoms with Gasteiger partial charge in [-0.25, -0.2) is 0 Å². The zero-order chi connectivity index (χ0) is 13.1. The van der Waals surface area contributed by atoms with Gasteiger partial charge < -0.3 is 9.15 Å². The number of hydrogen-bond acceptors (Lipinski definition) is 4. The van der Waals surface area contributed by atoms with Crippen molar-refractivity contribution in [3.8, 4) is 5.75 Å². The van der Waals surface area contributed by atoms with Crippen molar-refractivity contribution in [2.45, 2.75) is 26.4 Å². The molecule has 4 nitrogen and oxygen atoms in total. The summed E-state index contributed by atoms with van der Waals surface area (Å²) in [6, 6.07) is 5.05. The van der Waals surface area contributed by atoms with Crippen LogP contribution in [0.15, 0.2) is 22.6 Å². The van der Waals surface area contributed by atoms with Crippen molar-refractivity contribution in [2.24, 2.45) is 0 Å². The first-order valence-corrected chi connectivity index (χ1v) is 6.22. The molecule has 2 rings (SSSR count). The van der Waals surface area contributed by atoms with Crippen molar-refractivity contribution < 1.29 is 9.15 Å². The van der Waals surface area contributed by atoms with E-state index in [0.717, 1.165) is 0 Å². The molecule has 0 aliphatic heterocycles. The molecule has 0 saturated carbocycles. The van der Waals surface area contributed by atoms with E-state index in [4.69, 9.17) is 32.4 Å². The van der Waals surface area contributed by atoms with Crippen molar-refractivity contribution in [3.05, 3.63) is 40.0 Å². The quantitative estimate of drug-likeness (QED) is 0.850. The number of nitrogens with zero attached hydrogens (tertiary/aromatic N) is 2. The highest BCUT2D eigenvalue weighted by atomic mass is 35.5. The van der Waals surface area contributed by atoms with E-state index in [1.165, 1.54) is 0 Å². The van der Waals surface area contributed by atoms with Gasteiger partial charge in [-0.2, -0.15) is 0 Å². The molecule has 6 heteroatoms. The maximum Gasteiger partial charge on any atom is 0.253 e. The molecule has 0 aliphatic carbocycles. The van der Waals surface area contributed by atoms with E-state index in [1.54, 1.807) is 18.2 Å². The van der Waals surface area contributed by atoms with E-state index in [2.05, 4.69) is 10.2 Å². The van der Waals surface area contributed by atoms with Crippen LogP contribution in [0.2, 0.25) is 10.0 Å². The average Bonchev–Trinajstić information content (AvgIpc) is 2.79. The molecule has 1 aromatic heterocycles. The number of halogens is 2. The number of rotatable bonds is 4. The molecule has 1 aromatic carbocycles. The van der Waals surface area contributed by atoms with Crippen molar-refractivity contribution >= 4 is 23.2 Å². The lowest BCUT2D eigenvalue weighted by Crippen LogP contribution is -1.95. The van der Waals surface area contributed by atoms with Crippen LogP contribution in [0.3, 0.4) is 0 Å². The summed E-state index contributed by atoms with van der Waals surface area (Å²) in [5.74, 6) is 1.84. The summed E-state index contributed by atoms with van der Waals surface area (Å²) in [7, 11) is 0. The summed E-state index contributed by atoms with van der Waals surface area (Å²) in [6.07, 6.45) is 0. The highest BCUT2D eigenvalue weighted by Gasteiger charge is 2.10. The van der Waals surface area contributed by atoms with Crippen LogP contribution in [0.5, 0.6) is 5.75 Å². The van der Waals surface area contributed by atoms with Crippen LogP contribution >= 0.6 is 23.2 Å². The van der Waals surface area contributed by atoms with Crippen LogP contribution in [0, 0.1) is 0 Å². The Labute approximate surface area is 115 Å². The van der Waals surface area contributed by atoms with Crippen LogP contribution in [-0.2, 0) is 6.61 Å². The van der Waals surface area contributed by atoms with Gasteiger partial charge in [0.1, 0.15) is 5.75 Å². The lowest BCUT2D eigenvalue weighted by Gasteiger charge is -2.04. The first kappa shape index (κ1) is 13.2. The Morgan fingerprint density at radius 3 is 2.61 bits per heavy atom. The molecule has 0 fully saturated rings. The highest BCUT2D eigenvalue weighted by Crippen LogP contribution is 2.26. The molecule has 0 radical (unpaired) electrons. The lowest BCUT2D eigenvalue weighted by atomic mass is 10.2. The van der Waals surface area contributed by atoms with Crippen molar-refractivity contribution in [3.63, 3.8) is 0 Å². The standard InChI is InChI=1S/C12H12Cl2N2O2/c1-7(2)12-16-15-11(18-12)6-17-8-3-4-9(13)10(14)5-8/h3-5,7H,6H2,1-2H3. The smallest absolute Gasteiger partial charge is 0.253 e. The molecule has 0 saturated heterocycles. The highest BCUT2D eigenvalue weighted by molar-refractivity contribution is 6.42. The van der Waals surface area contributed by atoms with Gasteiger partial charge in [-0.3, -0.25) is 0 Å². The SMILES string of the molecule is CC(C)c1nnc(COc2ccc(Cl)c(Cl)c2)o1. The predicted octanol–water partition coefficient (Wildman–Crippen LogP) is 4.08. The van der Waals surface area contributed by atoms with Gasteiger partial charge >= 0.3 is 0 Å². The van der Waals surface area contributed by atoms with E-state index in [0.29, 0.717) is 27.6 Å². The molecule has 96 valence electrons. The average molecular weight is 287 g/mol. The van der Waals surface area contributed by atoms with Crippen LogP contribution in [0.4, 0.5) is 0 Å². The first-order valence-electron chi connectivity index (χ1n) is 5.46. The van der Waals surface area contributed by atoms with Crippen LogP contribution in [0.1, 0.15) is 31.5 Å². The third-order valence-corrected chi connectivity index (χ3v) is 2.97. The van der Waals surface area contributed by atoms with E-state index in [-0.39, 0.29) is 12.5 Å². The third-order valence-electron chi connectivity index (χ3n) is 2.23. The van der Waals surface area contributed by atoms with Crippen LogP contribution < -0.4 is 4.74 Å². The summed E-state index contributed by atoms with van der Waals surface area (Å²) in [6.45, 7) is 4.17. The molecule has 1 heterocycles. The van der Waals surface area contributed by atoms with Gasteiger partial charge in [0.05, 0.1) is 10.0 Å². The van der Waals surface area contributed by atoms with Gasteiger partial charge in [0.2, 0.25) is 5.89 Å². The molecule has 0 aliphatic rings. The van der Waals surface area contributed by atoms with Crippen LogP contribution in [-0.4, -0.2) is 10.2 Å². The van der Waals surface area contributed by atoms with E-state index < -0.39 is 0 Å². The summed E-state index contributed by atoms with van der Waals surface area (Å²) in [4.78, 5) is 0. The summed E-state index contributed by atoms with van der Waals surface area (Å²) in [5.41, 5.74) is 0. The molecule has 0 spiro atoms. The number of hydrogen-bond donors (Lipinski definition) is 0. The van der Waals surface area contributed by atoms with Gasteiger partial charge in [0, 0.05) is 12.0 Å². The van der Waals surface area contributed by atoms with E-state index in [1.807, 2.05) is 13.8 Å². The Kier molecular flexibility index (Phi) is 4.09. The molecule has 0 N–H and O–H groups in total. The summed E-state index contributed by atoms with van der Waals surface area (Å²) in [5, 5.41) is 8.74. The minimum Gasteiger partial charge on any atom is -0.484 e. The molecule has 0 unspecified atom stereocenters. The normalized spacial score (nSPS) is 10.9. The van der Waals surface area contributed by atoms with Gasteiger partial charge in [-0.15, -0.1) is 10.2 Å². The fourth-order valence-electron chi connectivity index (χ4n) is 1.27. The Hall–Kier alpha value is -1.26. The second kappa shape index (κ2) is 5.59. The first-order chi connectivity index (χ1) is 8.56. The molecule has 0 atom stereocenters. The molecule has 18 heavy (non-hydrogen) atoms. The van der Waals surface area contributed by atoms with Gasteiger partial charge in [0.25, 0.3) is 5.89 Å². The molecule has 0 bridgehead atoms.